The number of aromatic nitrogens is 1. The molecule has 2 heterocycles. The molecule has 124 valence electrons. The maximum absolute atomic E-state index is 12.9. The maximum atomic E-state index is 12.9. The first kappa shape index (κ1) is 16.9. The summed E-state index contributed by atoms with van der Waals surface area (Å²) >= 11 is 7.12. The molecule has 2 aromatic rings. The van der Waals surface area contributed by atoms with Crippen LogP contribution in [0.15, 0.2) is 54.9 Å². The minimum Gasteiger partial charge on any atom is -0.622 e. The number of rotatable bonds is 4. The van der Waals surface area contributed by atoms with Gasteiger partial charge in [-0.1, -0.05) is 54.3 Å². The van der Waals surface area contributed by atoms with E-state index in [0.717, 1.165) is 20.2 Å². The van der Waals surface area contributed by atoms with Crippen LogP contribution in [0.2, 0.25) is 0 Å². The van der Waals surface area contributed by atoms with Crippen molar-refractivity contribution in [3.05, 3.63) is 71.2 Å². The number of hydrogen-bond acceptors (Lipinski definition) is 4. The molecule has 0 unspecified atom stereocenters. The molecule has 4 nitrogen and oxygen atoms in total. The third-order valence-electron chi connectivity index (χ3n) is 3.90. The van der Waals surface area contributed by atoms with Gasteiger partial charge in [-0.05, 0) is 31.5 Å². The predicted molar refractivity (Wildman–Crippen MR) is 103 cm³/mol. The number of hydroxylamine groups is 1. The molecule has 0 bridgehead atoms. The molecule has 0 aliphatic carbocycles. The van der Waals surface area contributed by atoms with E-state index in [1.54, 1.807) is 30.4 Å². The molecule has 3 rings (SSSR count). The van der Waals surface area contributed by atoms with Gasteiger partial charge < -0.3 is 5.21 Å². The zero-order valence-corrected chi connectivity index (χ0v) is 15.3. The smallest absolute Gasteiger partial charge is 0.254 e. The molecule has 1 saturated heterocycles. The number of thiocarbonyl (C=S) groups is 1. The Bertz CT molecular complexity index is 747. The standard InChI is InChI=1S/C18H19N3OS2/c1-18(2)16(21(22)13-15-9-6-10-19-11-15)20(17(23)24-18)12-14-7-4-3-5-8-14/h3-11,13,16H,12H2,1-2H3/b21-13-/t16-/m1/s1. The summed E-state index contributed by atoms with van der Waals surface area (Å²) < 4.78 is 1.47. The summed E-state index contributed by atoms with van der Waals surface area (Å²) in [5, 5.41) is 12.9. The molecule has 1 atom stereocenters. The number of hydrogen-bond donors (Lipinski definition) is 0. The second-order valence-electron chi connectivity index (χ2n) is 6.23. The Kier molecular flexibility index (Phi) is 4.87. The number of benzene rings is 1. The average molecular weight is 358 g/mol. The van der Waals surface area contributed by atoms with Crippen LogP contribution in [0.1, 0.15) is 25.0 Å². The molecule has 1 aromatic carbocycles. The fourth-order valence-electron chi connectivity index (χ4n) is 2.86. The van der Waals surface area contributed by atoms with E-state index in [1.807, 2.05) is 35.2 Å². The molecule has 0 radical (unpaired) electrons. The van der Waals surface area contributed by atoms with E-state index < -0.39 is 0 Å². The van der Waals surface area contributed by atoms with Crippen molar-refractivity contribution in [2.75, 3.05) is 0 Å². The summed E-state index contributed by atoms with van der Waals surface area (Å²) in [5.41, 5.74) is 1.92. The van der Waals surface area contributed by atoms with Crippen molar-refractivity contribution in [2.24, 2.45) is 0 Å². The molecule has 0 N–H and O–H groups in total. The van der Waals surface area contributed by atoms with Crippen molar-refractivity contribution in [2.45, 2.75) is 31.3 Å². The van der Waals surface area contributed by atoms with E-state index in [2.05, 4.69) is 31.0 Å². The van der Waals surface area contributed by atoms with Gasteiger partial charge in [0.1, 0.15) is 9.07 Å². The van der Waals surface area contributed by atoms with E-state index >= 15 is 0 Å². The lowest BCUT2D eigenvalue weighted by atomic mass is 10.1. The van der Waals surface area contributed by atoms with E-state index in [-0.39, 0.29) is 10.9 Å². The average Bonchev–Trinajstić information content (AvgIpc) is 2.78. The molecular formula is C18H19N3OS2. The first-order chi connectivity index (χ1) is 11.5. The Hall–Kier alpha value is -1.92. The lowest BCUT2D eigenvalue weighted by Gasteiger charge is -2.29. The van der Waals surface area contributed by atoms with Crippen LogP contribution in [0, 0.1) is 5.21 Å². The fourth-order valence-corrected chi connectivity index (χ4v) is 4.73. The summed E-state index contributed by atoms with van der Waals surface area (Å²) in [6.45, 7) is 4.74. The van der Waals surface area contributed by atoms with E-state index in [1.165, 1.54) is 0 Å². The zero-order valence-electron chi connectivity index (χ0n) is 13.6. The molecule has 1 fully saturated rings. The lowest BCUT2D eigenvalue weighted by molar-refractivity contribution is -0.524. The number of thioether (sulfide) groups is 1. The quantitative estimate of drug-likeness (QED) is 0.275. The SMILES string of the molecule is CC1(C)SC(=S)N(Cc2ccccc2)[C@@H]1/[N+]([O-])=C/c1cccnc1. The second kappa shape index (κ2) is 6.91. The van der Waals surface area contributed by atoms with Crippen molar-refractivity contribution < 1.29 is 4.74 Å². The van der Waals surface area contributed by atoms with Crippen molar-refractivity contribution in [1.82, 2.24) is 9.88 Å². The Morgan fingerprint density at radius 3 is 2.71 bits per heavy atom. The van der Waals surface area contributed by atoms with Gasteiger partial charge in [-0.2, -0.15) is 4.74 Å². The van der Waals surface area contributed by atoms with Crippen molar-refractivity contribution >= 4 is 34.5 Å². The highest BCUT2D eigenvalue weighted by Gasteiger charge is 2.50. The molecule has 0 saturated carbocycles. The summed E-state index contributed by atoms with van der Waals surface area (Å²) in [6, 6.07) is 13.8. The molecule has 24 heavy (non-hydrogen) atoms. The van der Waals surface area contributed by atoms with Crippen LogP contribution >= 0.6 is 24.0 Å². The summed E-state index contributed by atoms with van der Waals surface area (Å²) in [5.74, 6) is 0. The van der Waals surface area contributed by atoms with Crippen LogP contribution in [0.4, 0.5) is 0 Å². The van der Waals surface area contributed by atoms with E-state index in [4.69, 9.17) is 12.2 Å². The summed E-state index contributed by atoms with van der Waals surface area (Å²) in [7, 11) is 0. The van der Waals surface area contributed by atoms with Gasteiger partial charge in [0, 0.05) is 12.4 Å². The predicted octanol–water partition coefficient (Wildman–Crippen LogP) is 3.65. The molecule has 0 amide bonds. The molecule has 0 spiro atoms. The second-order valence-corrected chi connectivity index (χ2v) is 8.52. The van der Waals surface area contributed by atoms with Crippen LogP contribution in [0.5, 0.6) is 0 Å². The van der Waals surface area contributed by atoms with Gasteiger partial charge in [0.15, 0.2) is 6.21 Å². The normalized spacial score (nSPS) is 20.4. The third kappa shape index (κ3) is 3.60. The molecule has 1 aliphatic heterocycles. The first-order valence-corrected chi connectivity index (χ1v) is 8.94. The Balaban J connectivity index is 1.92. The van der Waals surface area contributed by atoms with Gasteiger partial charge in [0.25, 0.3) is 6.17 Å². The van der Waals surface area contributed by atoms with Gasteiger partial charge in [0.05, 0.1) is 12.1 Å². The Morgan fingerprint density at radius 2 is 2.04 bits per heavy atom. The van der Waals surface area contributed by atoms with Gasteiger partial charge in [-0.3, -0.25) is 9.88 Å². The molecule has 6 heteroatoms. The monoisotopic (exact) mass is 357 g/mol. The van der Waals surface area contributed by atoms with Crippen LogP contribution in [0.3, 0.4) is 0 Å². The van der Waals surface area contributed by atoms with Crippen molar-refractivity contribution in [3.63, 3.8) is 0 Å². The maximum Gasteiger partial charge on any atom is 0.254 e. The summed E-state index contributed by atoms with van der Waals surface area (Å²) in [4.78, 5) is 6.07. The van der Waals surface area contributed by atoms with Gasteiger partial charge in [0.2, 0.25) is 0 Å². The molecule has 1 aliphatic rings. The Labute approximate surface area is 151 Å². The Morgan fingerprint density at radius 1 is 1.29 bits per heavy atom. The first-order valence-electron chi connectivity index (χ1n) is 7.71. The largest absolute Gasteiger partial charge is 0.622 e. The minimum absolute atomic E-state index is 0.299. The molecule has 1 aromatic heterocycles. The van der Waals surface area contributed by atoms with E-state index in [9.17, 15) is 5.21 Å². The minimum atomic E-state index is -0.365. The van der Waals surface area contributed by atoms with E-state index in [0.29, 0.717) is 6.54 Å². The van der Waals surface area contributed by atoms with Crippen LogP contribution < -0.4 is 0 Å². The van der Waals surface area contributed by atoms with Gasteiger partial charge >= 0.3 is 0 Å². The van der Waals surface area contributed by atoms with Crippen LogP contribution in [-0.4, -0.2) is 36.1 Å². The third-order valence-corrected chi connectivity index (χ3v) is 5.53. The number of nitrogens with zero attached hydrogens (tertiary/aromatic N) is 3. The van der Waals surface area contributed by atoms with Crippen LogP contribution in [-0.2, 0) is 6.54 Å². The van der Waals surface area contributed by atoms with Crippen LogP contribution in [0.25, 0.3) is 0 Å². The highest BCUT2D eigenvalue weighted by molar-refractivity contribution is 8.24. The summed E-state index contributed by atoms with van der Waals surface area (Å²) in [6.07, 6.45) is 4.60. The van der Waals surface area contributed by atoms with Crippen molar-refractivity contribution in [1.29, 1.82) is 0 Å². The fraction of sp³-hybridized carbons (Fsp3) is 0.278. The highest BCUT2D eigenvalue weighted by atomic mass is 32.2. The topological polar surface area (TPSA) is 42.2 Å². The molecular weight excluding hydrogens is 338 g/mol. The lowest BCUT2D eigenvalue weighted by Crippen LogP contribution is -2.47. The number of pyridine rings is 1. The van der Waals surface area contributed by atoms with Gasteiger partial charge in [-0.15, -0.1) is 0 Å². The zero-order chi connectivity index (χ0) is 17.2. The van der Waals surface area contributed by atoms with Crippen molar-refractivity contribution in [3.8, 4) is 0 Å². The van der Waals surface area contributed by atoms with Gasteiger partial charge in [-0.25, -0.2) is 0 Å². The highest BCUT2D eigenvalue weighted by Crippen LogP contribution is 2.42.